The Bertz CT molecular complexity index is 917. The van der Waals surface area contributed by atoms with Crippen LogP contribution in [0, 0.1) is 5.92 Å². The maximum atomic E-state index is 12.7. The molecule has 2 atom stereocenters. The summed E-state index contributed by atoms with van der Waals surface area (Å²) in [5.74, 6) is -0.445. The number of carbonyl (C=O) groups is 1. The van der Waals surface area contributed by atoms with Crippen molar-refractivity contribution in [3.8, 4) is 0 Å². The first kappa shape index (κ1) is 17.4. The van der Waals surface area contributed by atoms with Crippen LogP contribution in [0.25, 0.3) is 4.96 Å². The topological polar surface area (TPSA) is 60.7 Å². The highest BCUT2D eigenvalue weighted by Gasteiger charge is 2.27. The number of hydrogen-bond acceptors (Lipinski definition) is 5. The first-order valence-electron chi connectivity index (χ1n) is 8.27. The average Bonchev–Trinajstić information content (AvgIpc) is 3.10. The Kier molecular flexibility index (Phi) is 5.28. The number of hydrogen-bond donors (Lipinski definition) is 0. The molecule has 0 aliphatic rings. The molecule has 5 nitrogen and oxygen atoms in total. The van der Waals surface area contributed by atoms with Crippen LogP contribution >= 0.6 is 11.3 Å². The summed E-state index contributed by atoms with van der Waals surface area (Å²) in [6, 6.07) is 11.1. The van der Waals surface area contributed by atoms with E-state index >= 15 is 0 Å². The Morgan fingerprint density at radius 1 is 1.32 bits per heavy atom. The third-order valence-electron chi connectivity index (χ3n) is 4.34. The van der Waals surface area contributed by atoms with Crippen molar-refractivity contribution in [1.29, 1.82) is 0 Å². The van der Waals surface area contributed by atoms with Crippen molar-refractivity contribution in [3.63, 3.8) is 0 Å². The Labute approximate surface area is 149 Å². The van der Waals surface area contributed by atoms with Crippen LogP contribution in [0.3, 0.4) is 0 Å². The van der Waals surface area contributed by atoms with Gasteiger partial charge in [-0.2, -0.15) is 0 Å². The molecule has 0 fully saturated rings. The third kappa shape index (κ3) is 3.79. The SMILES string of the molecule is CC[C@H](C)[C@@H](C(=O)OCc1cc(=O)n2ccsc2n1)c1ccccc1. The molecule has 0 aliphatic carbocycles. The zero-order valence-corrected chi connectivity index (χ0v) is 15.0. The first-order chi connectivity index (χ1) is 12.1. The second-order valence-electron chi connectivity index (χ2n) is 6.02. The molecular formula is C19H20N2O3S. The Morgan fingerprint density at radius 3 is 2.80 bits per heavy atom. The van der Waals surface area contributed by atoms with Crippen LogP contribution in [-0.2, 0) is 16.1 Å². The Morgan fingerprint density at radius 2 is 2.08 bits per heavy atom. The molecule has 6 heteroatoms. The summed E-state index contributed by atoms with van der Waals surface area (Å²) in [7, 11) is 0. The number of benzene rings is 1. The summed E-state index contributed by atoms with van der Waals surface area (Å²) < 4.78 is 6.98. The summed E-state index contributed by atoms with van der Waals surface area (Å²) in [6.07, 6.45) is 2.55. The van der Waals surface area contributed by atoms with Gasteiger partial charge in [0.1, 0.15) is 6.61 Å². The highest BCUT2D eigenvalue weighted by molar-refractivity contribution is 7.15. The number of aromatic nitrogens is 2. The van der Waals surface area contributed by atoms with E-state index in [0.717, 1.165) is 12.0 Å². The molecule has 3 aromatic rings. The first-order valence-corrected chi connectivity index (χ1v) is 9.15. The van der Waals surface area contributed by atoms with Gasteiger partial charge in [0.05, 0.1) is 11.6 Å². The van der Waals surface area contributed by atoms with Gasteiger partial charge in [-0.15, -0.1) is 11.3 Å². The molecule has 0 amide bonds. The highest BCUT2D eigenvalue weighted by atomic mass is 32.1. The number of esters is 1. The fourth-order valence-corrected chi connectivity index (χ4v) is 3.53. The van der Waals surface area contributed by atoms with Crippen molar-refractivity contribution in [2.45, 2.75) is 32.8 Å². The molecule has 0 saturated carbocycles. The van der Waals surface area contributed by atoms with Crippen LogP contribution in [0.5, 0.6) is 0 Å². The molecule has 0 radical (unpaired) electrons. The third-order valence-corrected chi connectivity index (χ3v) is 5.10. The van der Waals surface area contributed by atoms with Crippen LogP contribution in [0.1, 0.15) is 37.4 Å². The molecule has 2 heterocycles. The van der Waals surface area contributed by atoms with Gasteiger partial charge in [-0.05, 0) is 11.5 Å². The minimum absolute atomic E-state index is 0.00222. The largest absolute Gasteiger partial charge is 0.459 e. The van der Waals surface area contributed by atoms with E-state index in [0.29, 0.717) is 10.7 Å². The van der Waals surface area contributed by atoms with Gasteiger partial charge in [0, 0.05) is 17.6 Å². The van der Waals surface area contributed by atoms with Crippen LogP contribution in [0.15, 0.2) is 52.8 Å². The van der Waals surface area contributed by atoms with Gasteiger partial charge < -0.3 is 4.74 Å². The zero-order valence-electron chi connectivity index (χ0n) is 14.2. The lowest BCUT2D eigenvalue weighted by Gasteiger charge is -2.21. The van der Waals surface area contributed by atoms with E-state index in [1.807, 2.05) is 37.3 Å². The van der Waals surface area contributed by atoms with Gasteiger partial charge in [0.25, 0.3) is 5.56 Å². The van der Waals surface area contributed by atoms with Crippen LogP contribution in [0.2, 0.25) is 0 Å². The number of fused-ring (bicyclic) bond motifs is 1. The van der Waals surface area contributed by atoms with Gasteiger partial charge in [-0.3, -0.25) is 14.0 Å². The van der Waals surface area contributed by atoms with Gasteiger partial charge in [0.2, 0.25) is 0 Å². The minimum Gasteiger partial charge on any atom is -0.459 e. The molecule has 130 valence electrons. The molecule has 0 saturated heterocycles. The van der Waals surface area contributed by atoms with E-state index in [1.165, 1.54) is 21.8 Å². The molecule has 0 N–H and O–H groups in total. The minimum atomic E-state index is -0.322. The van der Waals surface area contributed by atoms with Crippen LogP contribution < -0.4 is 5.56 Å². The summed E-state index contributed by atoms with van der Waals surface area (Å²) in [5, 5.41) is 1.80. The quantitative estimate of drug-likeness (QED) is 0.633. The maximum absolute atomic E-state index is 12.7. The molecule has 1 aromatic carbocycles. The lowest BCUT2D eigenvalue weighted by molar-refractivity contribution is -0.148. The number of rotatable bonds is 6. The molecule has 3 rings (SSSR count). The van der Waals surface area contributed by atoms with E-state index in [-0.39, 0.29) is 30.0 Å². The second-order valence-corrected chi connectivity index (χ2v) is 6.90. The second kappa shape index (κ2) is 7.61. The molecule has 0 spiro atoms. The van der Waals surface area contributed by atoms with Crippen molar-refractivity contribution in [3.05, 3.63) is 69.6 Å². The predicted molar refractivity (Wildman–Crippen MR) is 97.8 cm³/mol. The molecule has 0 aliphatic heterocycles. The monoisotopic (exact) mass is 356 g/mol. The average molecular weight is 356 g/mol. The molecule has 0 bridgehead atoms. The summed E-state index contributed by atoms with van der Waals surface area (Å²) in [4.78, 5) is 29.7. The van der Waals surface area contributed by atoms with Crippen molar-refractivity contribution in [2.24, 2.45) is 5.92 Å². The summed E-state index contributed by atoms with van der Waals surface area (Å²) in [5.41, 5.74) is 1.25. The van der Waals surface area contributed by atoms with Crippen LogP contribution in [0.4, 0.5) is 0 Å². The summed E-state index contributed by atoms with van der Waals surface area (Å²) in [6.45, 7) is 4.10. The van der Waals surface area contributed by atoms with Crippen molar-refractivity contribution < 1.29 is 9.53 Å². The number of ether oxygens (including phenoxy) is 1. The van der Waals surface area contributed by atoms with E-state index in [2.05, 4.69) is 11.9 Å². The fourth-order valence-electron chi connectivity index (χ4n) is 2.79. The van der Waals surface area contributed by atoms with Gasteiger partial charge in [-0.1, -0.05) is 50.6 Å². The molecule has 25 heavy (non-hydrogen) atoms. The number of nitrogens with zero attached hydrogens (tertiary/aromatic N) is 2. The lowest BCUT2D eigenvalue weighted by Crippen LogP contribution is -2.23. The van der Waals surface area contributed by atoms with Crippen LogP contribution in [-0.4, -0.2) is 15.4 Å². The molecular weight excluding hydrogens is 336 g/mol. The van der Waals surface area contributed by atoms with E-state index in [1.54, 1.807) is 11.6 Å². The molecule has 0 unspecified atom stereocenters. The van der Waals surface area contributed by atoms with Gasteiger partial charge in [0.15, 0.2) is 4.96 Å². The van der Waals surface area contributed by atoms with Gasteiger partial charge >= 0.3 is 5.97 Å². The number of carbonyl (C=O) groups excluding carboxylic acids is 1. The van der Waals surface area contributed by atoms with E-state index < -0.39 is 0 Å². The smallest absolute Gasteiger partial charge is 0.314 e. The summed E-state index contributed by atoms with van der Waals surface area (Å²) >= 11 is 1.37. The van der Waals surface area contributed by atoms with Crippen molar-refractivity contribution in [1.82, 2.24) is 9.38 Å². The zero-order chi connectivity index (χ0) is 17.8. The van der Waals surface area contributed by atoms with Crippen molar-refractivity contribution in [2.75, 3.05) is 0 Å². The predicted octanol–water partition coefficient (Wildman–Crippen LogP) is 3.63. The number of thiazole rings is 1. The normalized spacial score (nSPS) is 13.5. The maximum Gasteiger partial charge on any atom is 0.314 e. The Hall–Kier alpha value is -2.47. The fraction of sp³-hybridized carbons (Fsp3) is 0.316. The molecule has 2 aromatic heterocycles. The van der Waals surface area contributed by atoms with E-state index in [9.17, 15) is 9.59 Å². The van der Waals surface area contributed by atoms with E-state index in [4.69, 9.17) is 4.74 Å². The standard InChI is InChI=1S/C19H20N2O3S/c1-3-13(2)17(14-7-5-4-6-8-14)18(23)24-12-15-11-16(22)21-9-10-25-19(21)20-15/h4-11,13,17H,3,12H2,1-2H3/t13-,17+/m0/s1. The highest BCUT2D eigenvalue weighted by Crippen LogP contribution is 2.28. The van der Waals surface area contributed by atoms with Crippen molar-refractivity contribution >= 4 is 22.3 Å². The lowest BCUT2D eigenvalue weighted by atomic mass is 9.86. The van der Waals surface area contributed by atoms with Gasteiger partial charge in [-0.25, -0.2) is 4.98 Å². The Balaban J connectivity index is 1.77.